The summed E-state index contributed by atoms with van der Waals surface area (Å²) in [7, 11) is -3.62. The van der Waals surface area contributed by atoms with Crippen LogP contribution in [0.2, 0.25) is 0 Å². The lowest BCUT2D eigenvalue weighted by Gasteiger charge is -2.33. The molecule has 1 fully saturated rings. The van der Waals surface area contributed by atoms with Crippen molar-refractivity contribution in [3.05, 3.63) is 54.1 Å². The van der Waals surface area contributed by atoms with Gasteiger partial charge in [0, 0.05) is 31.9 Å². The number of rotatable bonds is 7. The monoisotopic (exact) mass is 439 g/mol. The van der Waals surface area contributed by atoms with Crippen molar-refractivity contribution in [1.29, 1.82) is 0 Å². The fourth-order valence-electron chi connectivity index (χ4n) is 3.20. The van der Waals surface area contributed by atoms with E-state index in [2.05, 4.69) is 15.0 Å². The van der Waals surface area contributed by atoms with Gasteiger partial charge in [0.1, 0.15) is 5.75 Å². The van der Waals surface area contributed by atoms with Crippen LogP contribution in [-0.2, 0) is 10.0 Å². The summed E-state index contributed by atoms with van der Waals surface area (Å²) < 4.78 is 56.5. The van der Waals surface area contributed by atoms with Gasteiger partial charge >= 0.3 is 6.61 Å². The molecule has 0 spiro atoms. The molecule has 3 rings (SSSR count). The molecule has 30 heavy (non-hydrogen) atoms. The second-order valence-corrected chi connectivity index (χ2v) is 8.63. The Balaban J connectivity index is 1.70. The van der Waals surface area contributed by atoms with Crippen molar-refractivity contribution in [2.45, 2.75) is 18.4 Å². The number of ether oxygens (including phenoxy) is 1. The van der Waals surface area contributed by atoms with Gasteiger partial charge in [-0.2, -0.15) is 13.1 Å². The number of nitrogens with zero attached hydrogens (tertiary/aromatic N) is 2. The average Bonchev–Trinajstić information content (AvgIpc) is 2.74. The molecule has 1 saturated heterocycles. The Kier molecular flexibility index (Phi) is 7.01. The molecular formula is C20H23F2N3O4S. The molecule has 0 saturated carbocycles. The maximum atomic E-state index is 12.8. The van der Waals surface area contributed by atoms with Crippen LogP contribution >= 0.6 is 0 Å². The Labute approximate surface area is 174 Å². The maximum Gasteiger partial charge on any atom is 0.387 e. The van der Waals surface area contributed by atoms with Crippen LogP contribution in [0.25, 0.3) is 0 Å². The molecular weight excluding hydrogens is 416 g/mol. The van der Waals surface area contributed by atoms with Gasteiger partial charge in [-0.15, -0.1) is 0 Å². The summed E-state index contributed by atoms with van der Waals surface area (Å²) in [6, 6.07) is 11.4. The molecule has 7 nitrogen and oxygen atoms in total. The minimum absolute atomic E-state index is 0.0525. The minimum Gasteiger partial charge on any atom is -0.434 e. The van der Waals surface area contributed by atoms with Gasteiger partial charge in [-0.05, 0) is 42.9 Å². The van der Waals surface area contributed by atoms with E-state index in [1.807, 2.05) is 6.92 Å². The number of sulfonamides is 1. The largest absolute Gasteiger partial charge is 0.434 e. The molecule has 2 aromatic carbocycles. The Bertz CT molecular complexity index is 976. The van der Waals surface area contributed by atoms with Crippen molar-refractivity contribution in [3.63, 3.8) is 0 Å². The van der Waals surface area contributed by atoms with Crippen LogP contribution in [0.5, 0.6) is 5.75 Å². The average molecular weight is 439 g/mol. The minimum atomic E-state index is -3.62. The Morgan fingerprint density at radius 2 is 1.70 bits per heavy atom. The number of benzene rings is 2. The summed E-state index contributed by atoms with van der Waals surface area (Å²) in [4.78, 5) is 14.7. The molecule has 1 aliphatic rings. The zero-order valence-electron chi connectivity index (χ0n) is 16.4. The number of piperazine rings is 1. The van der Waals surface area contributed by atoms with Crippen LogP contribution in [0.1, 0.15) is 17.3 Å². The first kappa shape index (κ1) is 22.1. The second kappa shape index (κ2) is 9.50. The summed E-state index contributed by atoms with van der Waals surface area (Å²) in [5, 5.41) is 2.56. The Morgan fingerprint density at radius 1 is 1.07 bits per heavy atom. The highest BCUT2D eigenvalue weighted by atomic mass is 32.2. The fourth-order valence-corrected chi connectivity index (χ4v) is 4.62. The van der Waals surface area contributed by atoms with Crippen molar-refractivity contribution >= 4 is 21.6 Å². The quantitative estimate of drug-likeness (QED) is 0.718. The Morgan fingerprint density at radius 3 is 2.30 bits per heavy atom. The van der Waals surface area contributed by atoms with Gasteiger partial charge in [0.2, 0.25) is 10.0 Å². The van der Waals surface area contributed by atoms with E-state index in [0.717, 1.165) is 6.54 Å². The molecule has 10 heteroatoms. The van der Waals surface area contributed by atoms with Crippen LogP contribution in [0.4, 0.5) is 14.5 Å². The van der Waals surface area contributed by atoms with Crippen molar-refractivity contribution < 1.29 is 26.7 Å². The molecule has 0 aliphatic carbocycles. The van der Waals surface area contributed by atoms with Crippen molar-refractivity contribution in [3.8, 4) is 5.75 Å². The predicted octanol–water partition coefficient (Wildman–Crippen LogP) is 2.87. The van der Waals surface area contributed by atoms with E-state index in [1.165, 1.54) is 52.8 Å². The number of hydrogen-bond donors (Lipinski definition) is 1. The molecule has 0 unspecified atom stereocenters. The van der Waals surface area contributed by atoms with Gasteiger partial charge in [-0.25, -0.2) is 8.42 Å². The van der Waals surface area contributed by atoms with Crippen LogP contribution < -0.4 is 10.1 Å². The third-order valence-electron chi connectivity index (χ3n) is 4.88. The smallest absolute Gasteiger partial charge is 0.387 e. The molecule has 162 valence electrons. The number of para-hydroxylation sites is 1. The van der Waals surface area contributed by atoms with Gasteiger partial charge in [0.05, 0.1) is 10.5 Å². The van der Waals surface area contributed by atoms with Gasteiger partial charge in [0.25, 0.3) is 5.91 Å². The number of nitrogens with one attached hydrogen (secondary N) is 1. The number of likely N-dealkylation sites (N-methyl/N-ethyl adjacent to an activating group) is 1. The van der Waals surface area contributed by atoms with Crippen molar-refractivity contribution in [2.24, 2.45) is 0 Å². The number of carbonyl (C=O) groups excluding carboxylic acids is 1. The first-order chi connectivity index (χ1) is 14.3. The van der Waals surface area contributed by atoms with Gasteiger partial charge < -0.3 is 15.0 Å². The summed E-state index contributed by atoms with van der Waals surface area (Å²) >= 11 is 0. The predicted molar refractivity (Wildman–Crippen MR) is 108 cm³/mol. The third kappa shape index (κ3) is 5.13. The molecule has 0 aromatic heterocycles. The fraction of sp³-hybridized carbons (Fsp3) is 0.350. The van der Waals surface area contributed by atoms with Crippen molar-refractivity contribution in [2.75, 3.05) is 38.0 Å². The third-order valence-corrected chi connectivity index (χ3v) is 6.79. The molecule has 1 N–H and O–H groups in total. The molecule has 0 bridgehead atoms. The van der Waals surface area contributed by atoms with E-state index >= 15 is 0 Å². The van der Waals surface area contributed by atoms with E-state index in [9.17, 15) is 22.0 Å². The first-order valence-electron chi connectivity index (χ1n) is 9.49. The topological polar surface area (TPSA) is 79.0 Å². The van der Waals surface area contributed by atoms with Crippen molar-refractivity contribution in [1.82, 2.24) is 9.21 Å². The van der Waals surface area contributed by atoms with E-state index in [1.54, 1.807) is 0 Å². The number of alkyl halides is 2. The maximum absolute atomic E-state index is 12.8. The second-order valence-electron chi connectivity index (χ2n) is 6.69. The number of amides is 1. The zero-order chi connectivity index (χ0) is 21.7. The summed E-state index contributed by atoms with van der Waals surface area (Å²) in [6.07, 6.45) is 0. The van der Waals surface area contributed by atoms with Crippen LogP contribution in [-0.4, -0.2) is 62.9 Å². The van der Waals surface area contributed by atoms with E-state index in [-0.39, 0.29) is 16.2 Å². The van der Waals surface area contributed by atoms with Crippen LogP contribution in [0, 0.1) is 0 Å². The SMILES string of the molecule is CCN1CCN(S(=O)(=O)c2ccc(NC(=O)c3ccccc3OC(F)F)cc2)CC1. The molecule has 0 atom stereocenters. The normalized spacial score (nSPS) is 15.9. The molecule has 1 heterocycles. The summed E-state index contributed by atoms with van der Waals surface area (Å²) in [5.74, 6) is -0.882. The van der Waals surface area contributed by atoms with E-state index in [0.29, 0.717) is 31.9 Å². The van der Waals surface area contributed by atoms with E-state index in [4.69, 9.17) is 0 Å². The highest BCUT2D eigenvalue weighted by Gasteiger charge is 2.28. The van der Waals surface area contributed by atoms with Gasteiger partial charge in [-0.1, -0.05) is 19.1 Å². The van der Waals surface area contributed by atoms with Gasteiger partial charge in [0.15, 0.2) is 0 Å². The van der Waals surface area contributed by atoms with E-state index < -0.39 is 22.5 Å². The molecule has 1 aliphatic heterocycles. The first-order valence-corrected chi connectivity index (χ1v) is 10.9. The van der Waals surface area contributed by atoms with Gasteiger partial charge in [-0.3, -0.25) is 4.79 Å². The summed E-state index contributed by atoms with van der Waals surface area (Å²) in [6.45, 7) is 2.09. The number of hydrogen-bond acceptors (Lipinski definition) is 5. The number of carbonyl (C=O) groups is 1. The van der Waals surface area contributed by atoms with Crippen LogP contribution in [0.3, 0.4) is 0 Å². The Hall–Kier alpha value is -2.56. The zero-order valence-corrected chi connectivity index (χ0v) is 17.2. The molecule has 2 aromatic rings. The molecule has 1 amide bonds. The van der Waals surface area contributed by atoms with Crippen LogP contribution in [0.15, 0.2) is 53.4 Å². The lowest BCUT2D eigenvalue weighted by atomic mass is 10.2. The molecule has 0 radical (unpaired) electrons. The lowest BCUT2D eigenvalue weighted by Crippen LogP contribution is -2.48. The highest BCUT2D eigenvalue weighted by Crippen LogP contribution is 2.23. The number of anilines is 1. The standard InChI is InChI=1S/C20H23F2N3O4S/c1-2-24-11-13-25(14-12-24)30(27,28)16-9-7-15(8-10-16)23-19(26)17-5-3-4-6-18(17)29-20(21)22/h3-10,20H,2,11-14H2,1H3,(H,23,26). The number of halogens is 2. The highest BCUT2D eigenvalue weighted by molar-refractivity contribution is 7.89. The summed E-state index contributed by atoms with van der Waals surface area (Å²) in [5.41, 5.74) is 0.282. The lowest BCUT2D eigenvalue weighted by molar-refractivity contribution is -0.0501.